The van der Waals surface area contributed by atoms with Crippen LogP contribution in [0.3, 0.4) is 0 Å². The number of carbonyl (C=O) groups is 1. The van der Waals surface area contributed by atoms with Crippen LogP contribution in [-0.2, 0) is 4.74 Å². The van der Waals surface area contributed by atoms with Gasteiger partial charge in [0.25, 0.3) is 0 Å². The molecule has 1 aromatic heterocycles. The summed E-state index contributed by atoms with van der Waals surface area (Å²) in [5, 5.41) is 1.44. The quantitative estimate of drug-likeness (QED) is 0.319. The molecule has 2 aliphatic carbocycles. The van der Waals surface area contributed by atoms with E-state index in [1.807, 2.05) is 12.1 Å². The fourth-order valence-corrected chi connectivity index (χ4v) is 3.96. The molecule has 1 aromatic rings. The van der Waals surface area contributed by atoms with E-state index in [-0.39, 0.29) is 12.6 Å². The Hall–Kier alpha value is -2.48. The molecule has 0 bridgehead atoms. The van der Waals surface area contributed by atoms with Crippen LogP contribution in [0.4, 0.5) is 4.79 Å². The van der Waals surface area contributed by atoms with Crippen molar-refractivity contribution in [3.8, 4) is 5.75 Å². The van der Waals surface area contributed by atoms with Crippen molar-refractivity contribution >= 4 is 11.8 Å². The molecule has 1 heterocycles. The lowest BCUT2D eigenvalue weighted by atomic mass is 9.98. The van der Waals surface area contributed by atoms with E-state index < -0.39 is 6.09 Å². The summed E-state index contributed by atoms with van der Waals surface area (Å²) >= 11 is 0. The van der Waals surface area contributed by atoms with Crippen molar-refractivity contribution in [1.82, 2.24) is 14.9 Å². The second-order valence-electron chi connectivity index (χ2n) is 9.03. The molecular formula is C24H39N5O3. The number of unbranched alkanes of at least 4 members (excludes halogenated alkanes) is 1. The molecule has 2 aliphatic rings. The SMILES string of the molecule is CCCCOC(=O)N(C)C/C(=C(/N)c1ccc(OC2CCCCC2)c(C2CC2)n1)N(C)N. The van der Waals surface area contributed by atoms with Gasteiger partial charge in [0.2, 0.25) is 0 Å². The Morgan fingerprint density at radius 3 is 2.50 bits per heavy atom. The number of rotatable bonds is 10. The van der Waals surface area contributed by atoms with Gasteiger partial charge in [-0.2, -0.15) is 0 Å². The average Bonchev–Trinajstić information content (AvgIpc) is 3.63. The largest absolute Gasteiger partial charge is 0.489 e. The summed E-state index contributed by atoms with van der Waals surface area (Å²) in [6, 6.07) is 3.89. The molecule has 0 atom stereocenters. The second-order valence-corrected chi connectivity index (χ2v) is 9.03. The van der Waals surface area contributed by atoms with Crippen LogP contribution in [0.15, 0.2) is 17.8 Å². The van der Waals surface area contributed by atoms with Crippen LogP contribution >= 0.6 is 0 Å². The Labute approximate surface area is 191 Å². The summed E-state index contributed by atoms with van der Waals surface area (Å²) in [5.74, 6) is 7.38. The minimum atomic E-state index is -0.395. The Bertz CT molecular complexity index is 801. The number of likely N-dealkylation sites (N-methyl/N-ethyl adjacent to an activating group) is 2. The van der Waals surface area contributed by atoms with Crippen LogP contribution in [0.25, 0.3) is 5.70 Å². The highest BCUT2D eigenvalue weighted by atomic mass is 16.6. The Morgan fingerprint density at radius 1 is 1.16 bits per heavy atom. The summed E-state index contributed by atoms with van der Waals surface area (Å²) in [7, 11) is 3.38. The number of hydrogen-bond donors (Lipinski definition) is 2. The average molecular weight is 446 g/mol. The number of nitrogens with two attached hydrogens (primary N) is 2. The fraction of sp³-hybridized carbons (Fsp3) is 0.667. The highest BCUT2D eigenvalue weighted by Gasteiger charge is 2.30. The monoisotopic (exact) mass is 445 g/mol. The van der Waals surface area contributed by atoms with Gasteiger partial charge in [-0.3, -0.25) is 0 Å². The highest BCUT2D eigenvalue weighted by Crippen LogP contribution is 2.44. The fourth-order valence-electron chi connectivity index (χ4n) is 3.96. The third kappa shape index (κ3) is 6.51. The van der Waals surface area contributed by atoms with Crippen molar-refractivity contribution in [2.75, 3.05) is 27.2 Å². The van der Waals surface area contributed by atoms with Crippen molar-refractivity contribution in [2.45, 2.75) is 76.7 Å². The molecule has 2 saturated carbocycles. The Balaban J connectivity index is 1.78. The Morgan fingerprint density at radius 2 is 1.88 bits per heavy atom. The number of amides is 1. The van der Waals surface area contributed by atoms with Crippen molar-refractivity contribution in [1.29, 1.82) is 0 Å². The molecule has 3 rings (SSSR count). The van der Waals surface area contributed by atoms with E-state index in [1.165, 1.54) is 29.2 Å². The van der Waals surface area contributed by atoms with Gasteiger partial charge < -0.3 is 25.1 Å². The number of hydrazine groups is 1. The topological polar surface area (TPSA) is 107 Å². The van der Waals surface area contributed by atoms with E-state index >= 15 is 0 Å². The zero-order chi connectivity index (χ0) is 23.1. The minimum absolute atomic E-state index is 0.227. The van der Waals surface area contributed by atoms with Gasteiger partial charge in [-0.05, 0) is 57.1 Å². The molecule has 2 fully saturated rings. The van der Waals surface area contributed by atoms with E-state index in [9.17, 15) is 4.79 Å². The Kier molecular flexibility index (Phi) is 8.61. The van der Waals surface area contributed by atoms with Crippen molar-refractivity contribution < 1.29 is 14.3 Å². The normalized spacial score (nSPS) is 17.5. The van der Waals surface area contributed by atoms with Crippen LogP contribution in [0.1, 0.15) is 82.0 Å². The molecular weight excluding hydrogens is 406 g/mol. The smallest absolute Gasteiger partial charge is 0.409 e. The number of carbonyl (C=O) groups excluding carboxylic acids is 1. The molecule has 178 valence electrons. The molecule has 0 aliphatic heterocycles. The maximum atomic E-state index is 12.3. The van der Waals surface area contributed by atoms with Crippen molar-refractivity contribution in [2.24, 2.45) is 11.6 Å². The molecule has 1 amide bonds. The standard InChI is InChI=1S/C24H39N5O3/c1-4-5-15-31-24(30)28(2)16-20(29(3)26)22(25)19-13-14-21(23(27-19)17-11-12-17)32-18-9-7-6-8-10-18/h13-14,17-18H,4-12,15-16,25-26H2,1-3H3/b22-20-. The van der Waals surface area contributed by atoms with E-state index in [0.29, 0.717) is 29.6 Å². The van der Waals surface area contributed by atoms with Gasteiger partial charge >= 0.3 is 6.09 Å². The molecule has 0 unspecified atom stereocenters. The predicted octanol–water partition coefficient (Wildman–Crippen LogP) is 3.97. The molecule has 0 radical (unpaired) electrons. The van der Waals surface area contributed by atoms with Gasteiger partial charge in [-0.1, -0.05) is 19.8 Å². The predicted molar refractivity (Wildman–Crippen MR) is 126 cm³/mol. The lowest BCUT2D eigenvalue weighted by Crippen LogP contribution is -2.38. The van der Waals surface area contributed by atoms with Crippen molar-refractivity contribution in [3.63, 3.8) is 0 Å². The van der Waals surface area contributed by atoms with Gasteiger partial charge in [0, 0.05) is 20.0 Å². The van der Waals surface area contributed by atoms with Gasteiger partial charge in [-0.25, -0.2) is 15.6 Å². The number of ether oxygens (including phenoxy) is 2. The van der Waals surface area contributed by atoms with E-state index in [4.69, 9.17) is 26.0 Å². The number of pyridine rings is 1. The number of nitrogens with zero attached hydrogens (tertiary/aromatic N) is 3. The molecule has 8 nitrogen and oxygen atoms in total. The third-order valence-corrected chi connectivity index (χ3v) is 6.13. The van der Waals surface area contributed by atoms with E-state index in [1.54, 1.807) is 14.1 Å². The van der Waals surface area contributed by atoms with E-state index in [2.05, 4.69) is 6.92 Å². The first-order valence-corrected chi connectivity index (χ1v) is 11.9. The first-order chi connectivity index (χ1) is 15.4. The maximum Gasteiger partial charge on any atom is 0.409 e. The molecule has 0 aromatic carbocycles. The van der Waals surface area contributed by atoms with Crippen LogP contribution < -0.4 is 16.3 Å². The second kappa shape index (κ2) is 11.4. The number of aromatic nitrogens is 1. The summed E-state index contributed by atoms with van der Waals surface area (Å²) < 4.78 is 11.6. The van der Waals surface area contributed by atoms with Gasteiger partial charge in [-0.15, -0.1) is 0 Å². The highest BCUT2D eigenvalue weighted by molar-refractivity contribution is 5.69. The minimum Gasteiger partial charge on any atom is -0.489 e. The van der Waals surface area contributed by atoms with Gasteiger partial charge in [0.05, 0.1) is 42.0 Å². The van der Waals surface area contributed by atoms with Crippen LogP contribution in [-0.4, -0.2) is 54.3 Å². The zero-order valence-electron chi connectivity index (χ0n) is 19.8. The third-order valence-electron chi connectivity index (χ3n) is 6.13. The molecule has 0 spiro atoms. The first-order valence-electron chi connectivity index (χ1n) is 11.9. The first kappa shape index (κ1) is 24.2. The van der Waals surface area contributed by atoms with Crippen LogP contribution in [0, 0.1) is 0 Å². The molecule has 4 N–H and O–H groups in total. The molecule has 8 heteroatoms. The maximum absolute atomic E-state index is 12.3. The summed E-state index contributed by atoms with van der Waals surface area (Å²) in [5.41, 5.74) is 9.21. The van der Waals surface area contributed by atoms with E-state index in [0.717, 1.165) is 50.0 Å². The van der Waals surface area contributed by atoms with Crippen molar-refractivity contribution in [3.05, 3.63) is 29.2 Å². The summed E-state index contributed by atoms with van der Waals surface area (Å²) in [6.45, 7) is 2.68. The lowest BCUT2D eigenvalue weighted by Gasteiger charge is -2.26. The van der Waals surface area contributed by atoms with Gasteiger partial charge in [0.15, 0.2) is 0 Å². The van der Waals surface area contributed by atoms with Crippen LogP contribution in [0.2, 0.25) is 0 Å². The lowest BCUT2D eigenvalue weighted by molar-refractivity contribution is 0.110. The zero-order valence-corrected chi connectivity index (χ0v) is 19.8. The summed E-state index contributed by atoms with van der Waals surface area (Å²) in [4.78, 5) is 18.6. The van der Waals surface area contributed by atoms with Gasteiger partial charge in [0.1, 0.15) is 5.75 Å². The molecule has 0 saturated heterocycles. The summed E-state index contributed by atoms with van der Waals surface area (Å²) in [6.07, 6.45) is 9.90. The van der Waals surface area contributed by atoms with Crippen LogP contribution in [0.5, 0.6) is 5.75 Å². The number of hydrogen-bond acceptors (Lipinski definition) is 7. The molecule has 32 heavy (non-hydrogen) atoms.